The van der Waals surface area contributed by atoms with Crippen molar-refractivity contribution < 1.29 is 0 Å². The third kappa shape index (κ3) is 2.28. The number of nitrogen functional groups attached to an aromatic ring is 2. The van der Waals surface area contributed by atoms with Gasteiger partial charge in [0.1, 0.15) is 11.5 Å². The average Bonchev–Trinajstić information content (AvgIpc) is 2.65. The van der Waals surface area contributed by atoms with Gasteiger partial charge in [0.15, 0.2) is 0 Å². The van der Waals surface area contributed by atoms with E-state index >= 15 is 0 Å². The van der Waals surface area contributed by atoms with Gasteiger partial charge in [-0.3, -0.25) is 0 Å². The lowest BCUT2D eigenvalue weighted by atomic mass is 10.3. The molecule has 0 atom stereocenters. The average molecular weight is 306 g/mol. The van der Waals surface area contributed by atoms with Crippen LogP contribution in [0.15, 0.2) is 34.1 Å². The van der Waals surface area contributed by atoms with Crippen molar-refractivity contribution in [2.24, 2.45) is 0 Å². The number of nitrogens with one attached hydrogen (secondary N) is 1. The molecule has 2 aromatic heterocycles. The molecular weight excluding hydrogens is 294 g/mol. The van der Waals surface area contributed by atoms with E-state index in [1.54, 1.807) is 11.8 Å². The van der Waals surface area contributed by atoms with Crippen LogP contribution in [0.4, 0.5) is 11.8 Å². The Hall–Kier alpha value is -1.92. The van der Waals surface area contributed by atoms with Crippen LogP contribution >= 0.6 is 23.4 Å². The molecule has 0 aliphatic rings. The maximum absolute atomic E-state index is 6.01. The van der Waals surface area contributed by atoms with Gasteiger partial charge in [0.05, 0.1) is 5.39 Å². The lowest BCUT2D eigenvalue weighted by Gasteiger charge is -2.04. The van der Waals surface area contributed by atoms with E-state index in [1.165, 1.54) is 0 Å². The van der Waals surface area contributed by atoms with Crippen molar-refractivity contribution in [2.45, 2.75) is 16.7 Å². The quantitative estimate of drug-likeness (QED) is 0.676. The standard InChI is InChI=1S/C13H12ClN5S/c1-6-10(20-8-4-2-3-7(14)5-8)9-11(15)18-13(16)19-12(9)17-6/h2-5H,1H3,(H5,15,16,17,18,19). The van der Waals surface area contributed by atoms with Gasteiger partial charge in [0.25, 0.3) is 0 Å². The van der Waals surface area contributed by atoms with Gasteiger partial charge in [0.2, 0.25) is 5.95 Å². The number of H-pyrrole nitrogens is 1. The third-order valence-corrected chi connectivity index (χ3v) is 4.28. The number of hydrogen-bond donors (Lipinski definition) is 3. The van der Waals surface area contributed by atoms with Gasteiger partial charge < -0.3 is 16.5 Å². The highest BCUT2D eigenvalue weighted by Crippen LogP contribution is 2.38. The van der Waals surface area contributed by atoms with Gasteiger partial charge in [-0.15, -0.1) is 0 Å². The number of anilines is 2. The summed E-state index contributed by atoms with van der Waals surface area (Å²) < 4.78 is 0. The first-order valence-electron chi connectivity index (χ1n) is 5.89. The number of nitrogens with zero attached hydrogens (tertiary/aromatic N) is 2. The zero-order valence-electron chi connectivity index (χ0n) is 10.6. The summed E-state index contributed by atoms with van der Waals surface area (Å²) in [5, 5.41) is 1.49. The molecule has 3 aromatic rings. The third-order valence-electron chi connectivity index (χ3n) is 2.84. The first kappa shape index (κ1) is 13.1. The molecule has 0 aliphatic heterocycles. The minimum atomic E-state index is 0.163. The molecule has 0 spiro atoms. The second kappa shape index (κ2) is 4.88. The Bertz CT molecular complexity index is 799. The topological polar surface area (TPSA) is 93.6 Å². The normalized spacial score (nSPS) is 11.1. The lowest BCUT2D eigenvalue weighted by molar-refractivity contribution is 1.19. The molecule has 0 unspecified atom stereocenters. The first-order chi connectivity index (χ1) is 9.54. The number of fused-ring (bicyclic) bond motifs is 1. The fourth-order valence-corrected chi connectivity index (χ4v) is 3.34. The predicted molar refractivity (Wildman–Crippen MR) is 83.0 cm³/mol. The van der Waals surface area contributed by atoms with Gasteiger partial charge in [0, 0.05) is 20.5 Å². The number of rotatable bonds is 2. The van der Waals surface area contributed by atoms with Crippen LogP contribution in [-0.2, 0) is 0 Å². The molecule has 0 aliphatic carbocycles. The number of halogens is 1. The van der Waals surface area contributed by atoms with E-state index in [1.807, 2.05) is 31.2 Å². The summed E-state index contributed by atoms with van der Waals surface area (Å²) in [7, 11) is 0. The van der Waals surface area contributed by atoms with Crippen LogP contribution in [0.3, 0.4) is 0 Å². The molecule has 0 fully saturated rings. The van der Waals surface area contributed by atoms with Gasteiger partial charge >= 0.3 is 0 Å². The molecule has 2 heterocycles. The Labute approximate surface area is 124 Å². The van der Waals surface area contributed by atoms with Crippen molar-refractivity contribution in [1.82, 2.24) is 15.0 Å². The minimum Gasteiger partial charge on any atom is -0.383 e. The minimum absolute atomic E-state index is 0.163. The van der Waals surface area contributed by atoms with Gasteiger partial charge in [-0.05, 0) is 25.1 Å². The Kier molecular flexibility index (Phi) is 3.19. The number of aryl methyl sites for hydroxylation is 1. The largest absolute Gasteiger partial charge is 0.383 e. The fourth-order valence-electron chi connectivity index (χ4n) is 2.01. The summed E-state index contributed by atoms with van der Waals surface area (Å²) in [6, 6.07) is 7.64. The maximum Gasteiger partial charge on any atom is 0.223 e. The summed E-state index contributed by atoms with van der Waals surface area (Å²) >= 11 is 7.58. The SMILES string of the molecule is Cc1[nH]c2nc(N)nc(N)c2c1Sc1cccc(Cl)c1. The van der Waals surface area contributed by atoms with Crippen molar-refractivity contribution in [3.05, 3.63) is 35.0 Å². The van der Waals surface area contributed by atoms with Crippen molar-refractivity contribution >= 4 is 46.2 Å². The van der Waals surface area contributed by atoms with E-state index in [0.717, 1.165) is 20.9 Å². The number of nitrogens with two attached hydrogens (primary N) is 2. The van der Waals surface area contributed by atoms with E-state index in [2.05, 4.69) is 15.0 Å². The summed E-state index contributed by atoms with van der Waals surface area (Å²) in [6.45, 7) is 1.96. The second-order valence-electron chi connectivity index (χ2n) is 4.33. The maximum atomic E-state index is 6.01. The highest BCUT2D eigenvalue weighted by Gasteiger charge is 2.15. The van der Waals surface area contributed by atoms with Crippen molar-refractivity contribution in [2.75, 3.05) is 11.5 Å². The molecule has 0 radical (unpaired) electrons. The summed E-state index contributed by atoms with van der Waals surface area (Å²) in [5.74, 6) is 0.539. The number of hydrogen-bond acceptors (Lipinski definition) is 5. The summed E-state index contributed by atoms with van der Waals surface area (Å²) in [6.07, 6.45) is 0. The van der Waals surface area contributed by atoms with Gasteiger partial charge in [-0.1, -0.05) is 29.4 Å². The predicted octanol–water partition coefficient (Wildman–Crippen LogP) is 3.24. The molecule has 1 aromatic carbocycles. The van der Waals surface area contributed by atoms with Crippen LogP contribution in [0.25, 0.3) is 11.0 Å². The zero-order chi connectivity index (χ0) is 14.3. The summed E-state index contributed by atoms with van der Waals surface area (Å²) in [5.41, 5.74) is 13.2. The number of aromatic nitrogens is 3. The van der Waals surface area contributed by atoms with Crippen LogP contribution in [0.1, 0.15) is 5.69 Å². The molecule has 0 bridgehead atoms. The van der Waals surface area contributed by atoms with Crippen LogP contribution in [0.2, 0.25) is 5.02 Å². The Morgan fingerprint density at radius 2 is 2.05 bits per heavy atom. The Balaban J connectivity index is 2.14. The highest BCUT2D eigenvalue weighted by atomic mass is 35.5. The van der Waals surface area contributed by atoms with Crippen molar-refractivity contribution in [3.63, 3.8) is 0 Å². The second-order valence-corrected chi connectivity index (χ2v) is 5.85. The lowest BCUT2D eigenvalue weighted by Crippen LogP contribution is -1.99. The van der Waals surface area contributed by atoms with Crippen LogP contribution < -0.4 is 11.5 Å². The Morgan fingerprint density at radius 3 is 2.80 bits per heavy atom. The van der Waals surface area contributed by atoms with Crippen molar-refractivity contribution in [3.8, 4) is 0 Å². The molecule has 5 N–H and O–H groups in total. The van der Waals surface area contributed by atoms with Gasteiger partial charge in [-0.25, -0.2) is 0 Å². The van der Waals surface area contributed by atoms with E-state index in [0.29, 0.717) is 16.5 Å². The molecular formula is C13H12ClN5S. The number of benzene rings is 1. The van der Waals surface area contributed by atoms with Crippen LogP contribution in [0.5, 0.6) is 0 Å². The Morgan fingerprint density at radius 1 is 1.25 bits per heavy atom. The molecule has 102 valence electrons. The van der Waals surface area contributed by atoms with E-state index in [-0.39, 0.29) is 5.95 Å². The molecule has 0 saturated carbocycles. The zero-order valence-corrected chi connectivity index (χ0v) is 12.2. The fraction of sp³-hybridized carbons (Fsp3) is 0.0769. The number of aromatic amines is 1. The molecule has 5 nitrogen and oxygen atoms in total. The van der Waals surface area contributed by atoms with E-state index in [4.69, 9.17) is 23.1 Å². The summed E-state index contributed by atoms with van der Waals surface area (Å²) in [4.78, 5) is 13.4. The molecule has 7 heteroatoms. The van der Waals surface area contributed by atoms with Crippen LogP contribution in [-0.4, -0.2) is 15.0 Å². The monoisotopic (exact) mass is 305 g/mol. The smallest absolute Gasteiger partial charge is 0.223 e. The van der Waals surface area contributed by atoms with Gasteiger partial charge in [-0.2, -0.15) is 9.97 Å². The molecule has 0 saturated heterocycles. The first-order valence-corrected chi connectivity index (χ1v) is 7.08. The molecule has 20 heavy (non-hydrogen) atoms. The molecule has 0 amide bonds. The van der Waals surface area contributed by atoms with Crippen LogP contribution in [0, 0.1) is 6.92 Å². The highest BCUT2D eigenvalue weighted by molar-refractivity contribution is 7.99. The van der Waals surface area contributed by atoms with E-state index < -0.39 is 0 Å². The molecule has 3 rings (SSSR count). The van der Waals surface area contributed by atoms with E-state index in [9.17, 15) is 0 Å². The van der Waals surface area contributed by atoms with Crippen molar-refractivity contribution in [1.29, 1.82) is 0 Å².